The minimum Gasteiger partial charge on any atom is -0.271 e. The first-order valence-electron chi connectivity index (χ1n) is 6.25. The van der Waals surface area contributed by atoms with Crippen LogP contribution >= 0.6 is 0 Å². The van der Waals surface area contributed by atoms with E-state index < -0.39 is 0 Å². The summed E-state index contributed by atoms with van der Waals surface area (Å²) in [6, 6.07) is 11.2. The highest BCUT2D eigenvalue weighted by Gasteiger charge is 2.43. The number of hydrogen-bond acceptors (Lipinski definition) is 2. The molecule has 0 radical (unpaired) electrons. The zero-order chi connectivity index (χ0) is 11.4. The molecule has 1 unspecified atom stereocenters. The van der Waals surface area contributed by atoms with E-state index in [1.54, 1.807) is 0 Å². The molecule has 1 fully saturated rings. The molecule has 1 aliphatic carbocycles. The molecule has 16 heavy (non-hydrogen) atoms. The van der Waals surface area contributed by atoms with Gasteiger partial charge in [-0.15, -0.1) is 0 Å². The summed E-state index contributed by atoms with van der Waals surface area (Å²) in [5, 5.41) is 0. The number of nitrogens with one attached hydrogen (secondary N) is 1. The molecule has 1 aromatic carbocycles. The minimum absolute atomic E-state index is 0.478. The van der Waals surface area contributed by atoms with Crippen molar-refractivity contribution in [1.29, 1.82) is 0 Å². The lowest BCUT2D eigenvalue weighted by atomic mass is 9.93. The first kappa shape index (κ1) is 11.6. The maximum Gasteiger partial charge on any atom is 0.0264 e. The van der Waals surface area contributed by atoms with Gasteiger partial charge in [-0.2, -0.15) is 0 Å². The van der Waals surface area contributed by atoms with Crippen LogP contribution in [0.4, 0.5) is 0 Å². The fourth-order valence-corrected chi connectivity index (χ4v) is 2.33. The molecule has 3 N–H and O–H groups in total. The summed E-state index contributed by atoms with van der Waals surface area (Å²) in [6.07, 6.45) is 6.21. The van der Waals surface area contributed by atoms with E-state index >= 15 is 0 Å². The average Bonchev–Trinajstić information content (AvgIpc) is 3.05. The summed E-state index contributed by atoms with van der Waals surface area (Å²) in [6.45, 7) is 2.33. The van der Waals surface area contributed by atoms with Crippen LogP contribution in [0, 0.1) is 5.41 Å². The Morgan fingerprint density at radius 2 is 2.00 bits per heavy atom. The molecule has 88 valence electrons. The molecule has 0 heterocycles. The Kier molecular flexibility index (Phi) is 3.62. The van der Waals surface area contributed by atoms with Crippen LogP contribution in [0.3, 0.4) is 0 Å². The molecule has 0 amide bonds. The second-order valence-corrected chi connectivity index (χ2v) is 5.25. The smallest absolute Gasteiger partial charge is 0.0264 e. The SMILES string of the molecule is CC1(C(CCCc2ccccc2)NN)CC1. The van der Waals surface area contributed by atoms with Crippen LogP contribution < -0.4 is 11.3 Å². The van der Waals surface area contributed by atoms with E-state index in [2.05, 4.69) is 42.7 Å². The molecule has 0 aliphatic heterocycles. The van der Waals surface area contributed by atoms with Crippen molar-refractivity contribution >= 4 is 0 Å². The van der Waals surface area contributed by atoms with Crippen LogP contribution in [0.1, 0.15) is 38.2 Å². The zero-order valence-electron chi connectivity index (χ0n) is 10.1. The first-order chi connectivity index (χ1) is 7.74. The van der Waals surface area contributed by atoms with E-state index in [0.717, 1.165) is 6.42 Å². The van der Waals surface area contributed by atoms with Crippen LogP contribution in [0.25, 0.3) is 0 Å². The summed E-state index contributed by atoms with van der Waals surface area (Å²) >= 11 is 0. The highest BCUT2D eigenvalue weighted by molar-refractivity contribution is 5.14. The Bertz CT molecular complexity index is 317. The fourth-order valence-electron chi connectivity index (χ4n) is 2.33. The van der Waals surface area contributed by atoms with Gasteiger partial charge in [-0.1, -0.05) is 37.3 Å². The third-order valence-electron chi connectivity index (χ3n) is 3.88. The predicted octanol–water partition coefficient (Wildman–Crippen LogP) is 2.64. The Morgan fingerprint density at radius 3 is 2.56 bits per heavy atom. The van der Waals surface area contributed by atoms with Crippen molar-refractivity contribution in [2.75, 3.05) is 0 Å². The maximum atomic E-state index is 5.63. The van der Waals surface area contributed by atoms with Gasteiger partial charge >= 0.3 is 0 Å². The summed E-state index contributed by atoms with van der Waals surface area (Å²) < 4.78 is 0. The van der Waals surface area contributed by atoms with Crippen molar-refractivity contribution in [3.63, 3.8) is 0 Å². The van der Waals surface area contributed by atoms with Crippen LogP contribution in [0.15, 0.2) is 30.3 Å². The Morgan fingerprint density at radius 1 is 1.31 bits per heavy atom. The molecule has 0 spiro atoms. The van der Waals surface area contributed by atoms with E-state index in [1.807, 2.05) is 0 Å². The number of hydrogen-bond donors (Lipinski definition) is 2. The second kappa shape index (κ2) is 4.98. The molecular weight excluding hydrogens is 196 g/mol. The highest BCUT2D eigenvalue weighted by atomic mass is 15.2. The highest BCUT2D eigenvalue weighted by Crippen LogP contribution is 2.49. The summed E-state index contributed by atoms with van der Waals surface area (Å²) in [7, 11) is 0. The van der Waals surface area contributed by atoms with Gasteiger partial charge in [0.1, 0.15) is 0 Å². The number of nitrogens with two attached hydrogens (primary N) is 1. The van der Waals surface area contributed by atoms with Gasteiger partial charge in [0.2, 0.25) is 0 Å². The zero-order valence-corrected chi connectivity index (χ0v) is 10.1. The van der Waals surface area contributed by atoms with Gasteiger partial charge in [-0.3, -0.25) is 11.3 Å². The molecule has 1 saturated carbocycles. The fraction of sp³-hybridized carbons (Fsp3) is 0.571. The Labute approximate surface area is 98.2 Å². The monoisotopic (exact) mass is 218 g/mol. The van der Waals surface area contributed by atoms with E-state index in [-0.39, 0.29) is 0 Å². The molecule has 2 heteroatoms. The van der Waals surface area contributed by atoms with Crippen molar-refractivity contribution in [3.05, 3.63) is 35.9 Å². The molecule has 0 aromatic heterocycles. The van der Waals surface area contributed by atoms with Crippen molar-refractivity contribution < 1.29 is 0 Å². The van der Waals surface area contributed by atoms with E-state index in [0.29, 0.717) is 11.5 Å². The molecule has 2 rings (SSSR count). The molecule has 1 aliphatic rings. The Balaban J connectivity index is 1.75. The normalized spacial score (nSPS) is 19.4. The van der Waals surface area contributed by atoms with Gasteiger partial charge in [0.25, 0.3) is 0 Å². The standard InChI is InChI=1S/C14H22N2/c1-14(10-11-14)13(16-15)9-5-8-12-6-3-2-4-7-12/h2-4,6-7,13,16H,5,8-11,15H2,1H3. The largest absolute Gasteiger partial charge is 0.271 e. The molecule has 1 aromatic rings. The predicted molar refractivity (Wildman–Crippen MR) is 67.8 cm³/mol. The molecule has 2 nitrogen and oxygen atoms in total. The number of hydrazine groups is 1. The third kappa shape index (κ3) is 2.83. The molecule has 0 bridgehead atoms. The van der Waals surface area contributed by atoms with Crippen LogP contribution in [0.5, 0.6) is 0 Å². The van der Waals surface area contributed by atoms with Crippen molar-refractivity contribution in [1.82, 2.24) is 5.43 Å². The molecule has 1 atom stereocenters. The number of aryl methyl sites for hydroxylation is 1. The maximum absolute atomic E-state index is 5.63. The lowest BCUT2D eigenvalue weighted by Crippen LogP contribution is -2.41. The van der Waals surface area contributed by atoms with Gasteiger partial charge in [0.05, 0.1) is 0 Å². The van der Waals surface area contributed by atoms with Gasteiger partial charge in [0, 0.05) is 6.04 Å². The van der Waals surface area contributed by atoms with E-state index in [1.165, 1.54) is 31.2 Å². The number of benzene rings is 1. The van der Waals surface area contributed by atoms with Crippen LogP contribution in [-0.4, -0.2) is 6.04 Å². The summed E-state index contributed by atoms with van der Waals surface area (Å²) in [4.78, 5) is 0. The molecule has 0 saturated heterocycles. The lowest BCUT2D eigenvalue weighted by molar-refractivity contribution is 0.335. The minimum atomic E-state index is 0.478. The van der Waals surface area contributed by atoms with Gasteiger partial charge < -0.3 is 0 Å². The average molecular weight is 218 g/mol. The third-order valence-corrected chi connectivity index (χ3v) is 3.88. The van der Waals surface area contributed by atoms with Crippen molar-refractivity contribution in [3.8, 4) is 0 Å². The van der Waals surface area contributed by atoms with Crippen molar-refractivity contribution in [2.24, 2.45) is 11.3 Å². The lowest BCUT2D eigenvalue weighted by Gasteiger charge is -2.22. The quantitative estimate of drug-likeness (QED) is 0.569. The van der Waals surface area contributed by atoms with Crippen LogP contribution in [-0.2, 0) is 6.42 Å². The van der Waals surface area contributed by atoms with Gasteiger partial charge in [-0.25, -0.2) is 0 Å². The first-order valence-corrected chi connectivity index (χ1v) is 6.25. The number of rotatable bonds is 6. The Hall–Kier alpha value is -0.860. The second-order valence-electron chi connectivity index (χ2n) is 5.25. The van der Waals surface area contributed by atoms with Crippen LogP contribution in [0.2, 0.25) is 0 Å². The van der Waals surface area contributed by atoms with Gasteiger partial charge in [-0.05, 0) is 43.1 Å². The van der Waals surface area contributed by atoms with Gasteiger partial charge in [0.15, 0.2) is 0 Å². The molecular formula is C14H22N2. The van der Waals surface area contributed by atoms with E-state index in [4.69, 9.17) is 5.84 Å². The summed E-state index contributed by atoms with van der Waals surface area (Å²) in [5.41, 5.74) is 4.90. The topological polar surface area (TPSA) is 38.0 Å². The van der Waals surface area contributed by atoms with Crippen molar-refractivity contribution in [2.45, 2.75) is 45.1 Å². The van der Waals surface area contributed by atoms with E-state index in [9.17, 15) is 0 Å². The summed E-state index contributed by atoms with van der Waals surface area (Å²) in [5.74, 6) is 5.63.